The van der Waals surface area contributed by atoms with Gasteiger partial charge in [-0.2, -0.15) is 0 Å². The third-order valence-electron chi connectivity index (χ3n) is 3.80. The number of hydrogen-bond acceptors (Lipinski definition) is 4. The van der Waals surface area contributed by atoms with E-state index in [0.717, 1.165) is 63.5 Å². The number of thiophene rings is 1. The summed E-state index contributed by atoms with van der Waals surface area (Å²) in [6, 6.07) is 2.06. The predicted molar refractivity (Wildman–Crippen MR) is 87.3 cm³/mol. The number of carbonyl (C=O) groups is 1. The first-order valence-electron chi connectivity index (χ1n) is 7.88. The normalized spacial score (nSPS) is 16.1. The van der Waals surface area contributed by atoms with Gasteiger partial charge < -0.3 is 10.1 Å². The van der Waals surface area contributed by atoms with Gasteiger partial charge in [-0.1, -0.05) is 13.3 Å². The average Bonchev–Trinajstić information content (AvgIpc) is 2.86. The van der Waals surface area contributed by atoms with Crippen LogP contribution in [-0.2, 0) is 11.2 Å². The predicted octanol–water partition coefficient (Wildman–Crippen LogP) is 2.46. The van der Waals surface area contributed by atoms with Gasteiger partial charge >= 0.3 is 0 Å². The summed E-state index contributed by atoms with van der Waals surface area (Å²) < 4.78 is 5.33. The molecule has 1 aromatic heterocycles. The maximum Gasteiger partial charge on any atom is 0.261 e. The highest BCUT2D eigenvalue weighted by Gasteiger charge is 2.12. The fraction of sp³-hybridized carbons (Fsp3) is 0.688. The summed E-state index contributed by atoms with van der Waals surface area (Å²) in [6.45, 7) is 9.75. The molecule has 21 heavy (non-hydrogen) atoms. The van der Waals surface area contributed by atoms with Crippen molar-refractivity contribution >= 4 is 17.2 Å². The van der Waals surface area contributed by atoms with Crippen LogP contribution in [0.25, 0.3) is 0 Å². The maximum absolute atomic E-state index is 12.1. The van der Waals surface area contributed by atoms with E-state index < -0.39 is 0 Å². The zero-order chi connectivity index (χ0) is 15.1. The van der Waals surface area contributed by atoms with Gasteiger partial charge in [-0.3, -0.25) is 9.69 Å². The van der Waals surface area contributed by atoms with Gasteiger partial charge in [-0.15, -0.1) is 11.3 Å². The quantitative estimate of drug-likeness (QED) is 0.787. The highest BCUT2D eigenvalue weighted by Crippen LogP contribution is 2.22. The molecular formula is C16H26N2O2S. The second-order valence-electron chi connectivity index (χ2n) is 5.51. The summed E-state index contributed by atoms with van der Waals surface area (Å²) in [7, 11) is 0. The zero-order valence-electron chi connectivity index (χ0n) is 13.1. The van der Waals surface area contributed by atoms with Gasteiger partial charge in [0.1, 0.15) is 0 Å². The van der Waals surface area contributed by atoms with Crippen LogP contribution in [0, 0.1) is 6.92 Å². The van der Waals surface area contributed by atoms with Crippen molar-refractivity contribution in [1.82, 2.24) is 10.2 Å². The van der Waals surface area contributed by atoms with Crippen molar-refractivity contribution in [2.75, 3.05) is 39.4 Å². The minimum atomic E-state index is 0.0763. The first-order valence-corrected chi connectivity index (χ1v) is 8.70. The average molecular weight is 310 g/mol. The van der Waals surface area contributed by atoms with Gasteiger partial charge in [0.05, 0.1) is 18.1 Å². The Labute approximate surface area is 131 Å². The summed E-state index contributed by atoms with van der Waals surface area (Å²) in [5.74, 6) is 0.0763. The summed E-state index contributed by atoms with van der Waals surface area (Å²) in [5, 5.41) is 3.03. The number of carbonyl (C=O) groups excluding carboxylic acids is 1. The smallest absolute Gasteiger partial charge is 0.261 e. The van der Waals surface area contributed by atoms with Crippen molar-refractivity contribution < 1.29 is 9.53 Å². The largest absolute Gasteiger partial charge is 0.379 e. The molecule has 1 N–H and O–H groups in total. The Balaban J connectivity index is 1.70. The highest BCUT2D eigenvalue weighted by molar-refractivity contribution is 7.14. The Kier molecular flexibility index (Phi) is 6.67. The van der Waals surface area contributed by atoms with Crippen molar-refractivity contribution in [1.29, 1.82) is 0 Å². The Morgan fingerprint density at radius 3 is 2.90 bits per heavy atom. The van der Waals surface area contributed by atoms with E-state index in [1.165, 1.54) is 10.4 Å². The second kappa shape index (κ2) is 8.51. The van der Waals surface area contributed by atoms with Gasteiger partial charge in [-0.05, 0) is 37.9 Å². The molecule has 0 atom stereocenters. The molecule has 118 valence electrons. The Bertz CT molecular complexity index is 453. The molecule has 0 aliphatic carbocycles. The molecule has 1 aliphatic heterocycles. The molecule has 0 aromatic carbocycles. The van der Waals surface area contributed by atoms with Crippen molar-refractivity contribution in [3.63, 3.8) is 0 Å². The van der Waals surface area contributed by atoms with Crippen LogP contribution in [0.3, 0.4) is 0 Å². The van der Waals surface area contributed by atoms with E-state index in [9.17, 15) is 4.79 Å². The van der Waals surface area contributed by atoms with Crippen LogP contribution in [0.2, 0.25) is 0 Å². The van der Waals surface area contributed by atoms with Crippen molar-refractivity contribution in [2.45, 2.75) is 33.1 Å². The third-order valence-corrected chi connectivity index (χ3v) is 4.90. The monoisotopic (exact) mass is 310 g/mol. The fourth-order valence-corrected chi connectivity index (χ4v) is 3.55. The number of nitrogens with one attached hydrogen (secondary N) is 1. The molecule has 1 aromatic rings. The lowest BCUT2D eigenvalue weighted by Crippen LogP contribution is -2.38. The topological polar surface area (TPSA) is 41.6 Å². The van der Waals surface area contributed by atoms with Crippen molar-refractivity contribution in [3.8, 4) is 0 Å². The van der Waals surface area contributed by atoms with E-state index >= 15 is 0 Å². The summed E-state index contributed by atoms with van der Waals surface area (Å²) in [6.07, 6.45) is 3.18. The number of aryl methyl sites for hydroxylation is 2. The van der Waals surface area contributed by atoms with Gasteiger partial charge in [0, 0.05) is 24.5 Å². The van der Waals surface area contributed by atoms with Gasteiger partial charge in [-0.25, -0.2) is 0 Å². The lowest BCUT2D eigenvalue weighted by atomic mass is 10.1. The highest BCUT2D eigenvalue weighted by atomic mass is 32.1. The maximum atomic E-state index is 12.1. The zero-order valence-corrected chi connectivity index (χ0v) is 13.9. The van der Waals surface area contributed by atoms with E-state index in [4.69, 9.17) is 4.74 Å². The molecule has 0 bridgehead atoms. The molecule has 5 heteroatoms. The Morgan fingerprint density at radius 2 is 2.19 bits per heavy atom. The SMILES string of the molecule is CCCc1cc(C(=O)NCCCN2CCOCC2)sc1C. The van der Waals surface area contributed by atoms with Crippen LogP contribution < -0.4 is 5.32 Å². The van der Waals surface area contributed by atoms with Gasteiger partial charge in [0.2, 0.25) is 0 Å². The molecule has 0 saturated carbocycles. The first-order chi connectivity index (χ1) is 10.2. The lowest BCUT2D eigenvalue weighted by molar-refractivity contribution is 0.0374. The molecule has 0 unspecified atom stereocenters. The Morgan fingerprint density at radius 1 is 1.43 bits per heavy atom. The number of amides is 1. The summed E-state index contributed by atoms with van der Waals surface area (Å²) in [4.78, 5) is 16.6. The van der Waals surface area contributed by atoms with E-state index in [1.807, 2.05) is 0 Å². The molecule has 0 spiro atoms. The molecule has 1 amide bonds. The van der Waals surface area contributed by atoms with Crippen LogP contribution in [-0.4, -0.2) is 50.2 Å². The molecule has 1 fully saturated rings. The first kappa shape index (κ1) is 16.5. The molecule has 0 radical (unpaired) electrons. The molecule has 4 nitrogen and oxygen atoms in total. The van der Waals surface area contributed by atoms with E-state index in [1.54, 1.807) is 11.3 Å². The number of nitrogens with zero attached hydrogens (tertiary/aromatic N) is 1. The molecule has 2 rings (SSSR count). The van der Waals surface area contributed by atoms with Crippen molar-refractivity contribution in [3.05, 3.63) is 21.4 Å². The number of ether oxygens (including phenoxy) is 1. The summed E-state index contributed by atoms with van der Waals surface area (Å²) >= 11 is 1.61. The molecule has 2 heterocycles. The molecule has 1 saturated heterocycles. The minimum Gasteiger partial charge on any atom is -0.379 e. The summed E-state index contributed by atoms with van der Waals surface area (Å²) in [5.41, 5.74) is 1.32. The van der Waals surface area contributed by atoms with E-state index in [2.05, 4.69) is 30.1 Å². The Hall–Kier alpha value is -0.910. The van der Waals surface area contributed by atoms with Crippen LogP contribution in [0.15, 0.2) is 6.07 Å². The standard InChI is InChI=1S/C16H26N2O2S/c1-3-5-14-12-15(21-13(14)2)16(19)17-6-4-7-18-8-10-20-11-9-18/h12H,3-11H2,1-2H3,(H,17,19). The lowest BCUT2D eigenvalue weighted by Gasteiger charge is -2.26. The third kappa shape index (κ3) is 5.09. The van der Waals surface area contributed by atoms with E-state index in [0.29, 0.717) is 0 Å². The second-order valence-corrected chi connectivity index (χ2v) is 6.76. The molecular weight excluding hydrogens is 284 g/mol. The van der Waals surface area contributed by atoms with Crippen LogP contribution >= 0.6 is 11.3 Å². The number of morpholine rings is 1. The van der Waals surface area contributed by atoms with Gasteiger partial charge in [0.15, 0.2) is 0 Å². The number of rotatable bonds is 7. The van der Waals surface area contributed by atoms with Crippen LogP contribution in [0.5, 0.6) is 0 Å². The molecule has 1 aliphatic rings. The van der Waals surface area contributed by atoms with Gasteiger partial charge in [0.25, 0.3) is 5.91 Å². The minimum absolute atomic E-state index is 0.0763. The van der Waals surface area contributed by atoms with E-state index in [-0.39, 0.29) is 5.91 Å². The van der Waals surface area contributed by atoms with Crippen molar-refractivity contribution in [2.24, 2.45) is 0 Å². The number of hydrogen-bond donors (Lipinski definition) is 1. The van der Waals surface area contributed by atoms with Crippen LogP contribution in [0.4, 0.5) is 0 Å². The van der Waals surface area contributed by atoms with Crippen LogP contribution in [0.1, 0.15) is 39.9 Å². The fourth-order valence-electron chi connectivity index (χ4n) is 2.57.